The van der Waals surface area contributed by atoms with Crippen molar-refractivity contribution in [2.75, 3.05) is 18.5 Å². The van der Waals surface area contributed by atoms with Crippen LogP contribution in [0.3, 0.4) is 0 Å². The van der Waals surface area contributed by atoms with Gasteiger partial charge in [-0.25, -0.2) is 0 Å². The zero-order valence-corrected chi connectivity index (χ0v) is 8.34. The van der Waals surface area contributed by atoms with Crippen LogP contribution in [0, 0.1) is 0 Å². The predicted octanol–water partition coefficient (Wildman–Crippen LogP) is 0.856. The molecule has 6 nitrogen and oxygen atoms in total. The van der Waals surface area contributed by atoms with Crippen LogP contribution in [0.15, 0.2) is 23.4 Å². The standard InChI is InChI=1S/C10H10N2O4/c13-10(6-11-14)12-7-1-2-8-9(5-7)16-4-3-15-8/h1-2,5-6,14H,3-4H2,(H,12,13)/b11-6-. The normalized spacial score (nSPS) is 13.8. The van der Waals surface area contributed by atoms with Crippen LogP contribution in [0.2, 0.25) is 0 Å². The van der Waals surface area contributed by atoms with Gasteiger partial charge in [0.2, 0.25) is 0 Å². The summed E-state index contributed by atoms with van der Waals surface area (Å²) in [7, 11) is 0. The Labute approximate surface area is 91.5 Å². The highest BCUT2D eigenvalue weighted by molar-refractivity contribution is 6.31. The summed E-state index contributed by atoms with van der Waals surface area (Å²) in [6.07, 6.45) is 0.775. The molecule has 1 aromatic rings. The highest BCUT2D eigenvalue weighted by Crippen LogP contribution is 2.32. The SMILES string of the molecule is O=C(/C=N\O)Nc1ccc2c(c1)OCCO2. The molecule has 1 amide bonds. The number of amides is 1. The molecule has 0 aromatic heterocycles. The van der Waals surface area contributed by atoms with Crippen molar-refractivity contribution in [2.24, 2.45) is 5.16 Å². The Hall–Kier alpha value is -2.24. The first-order valence-electron chi connectivity index (χ1n) is 4.67. The van der Waals surface area contributed by atoms with E-state index in [4.69, 9.17) is 14.7 Å². The molecule has 0 aliphatic carbocycles. The molecule has 0 bridgehead atoms. The van der Waals surface area contributed by atoms with Crippen molar-refractivity contribution in [1.29, 1.82) is 0 Å². The Balaban J connectivity index is 2.14. The van der Waals surface area contributed by atoms with Crippen molar-refractivity contribution in [3.63, 3.8) is 0 Å². The molecular formula is C10H10N2O4. The van der Waals surface area contributed by atoms with Gasteiger partial charge in [0.1, 0.15) is 19.4 Å². The first-order chi connectivity index (χ1) is 7.79. The van der Waals surface area contributed by atoms with Crippen LogP contribution in [-0.4, -0.2) is 30.5 Å². The second-order valence-electron chi connectivity index (χ2n) is 3.09. The van der Waals surface area contributed by atoms with Crippen LogP contribution in [0.1, 0.15) is 0 Å². The Morgan fingerprint density at radius 3 is 2.88 bits per heavy atom. The molecule has 84 valence electrons. The number of carbonyl (C=O) groups excluding carboxylic acids is 1. The highest BCUT2D eigenvalue weighted by atomic mass is 16.6. The minimum Gasteiger partial charge on any atom is -0.486 e. The smallest absolute Gasteiger partial charge is 0.270 e. The van der Waals surface area contributed by atoms with Crippen molar-refractivity contribution in [3.05, 3.63) is 18.2 Å². The molecule has 2 rings (SSSR count). The maximum Gasteiger partial charge on any atom is 0.270 e. The second-order valence-corrected chi connectivity index (χ2v) is 3.09. The maximum atomic E-state index is 11.1. The molecule has 6 heteroatoms. The number of benzene rings is 1. The Morgan fingerprint density at radius 2 is 2.12 bits per heavy atom. The van der Waals surface area contributed by atoms with E-state index >= 15 is 0 Å². The van der Waals surface area contributed by atoms with Crippen LogP contribution in [0.5, 0.6) is 11.5 Å². The molecule has 1 heterocycles. The van der Waals surface area contributed by atoms with Gasteiger partial charge in [0.05, 0.1) is 0 Å². The van der Waals surface area contributed by atoms with Crippen molar-refractivity contribution < 1.29 is 19.5 Å². The van der Waals surface area contributed by atoms with Crippen LogP contribution < -0.4 is 14.8 Å². The van der Waals surface area contributed by atoms with E-state index < -0.39 is 5.91 Å². The van der Waals surface area contributed by atoms with E-state index in [9.17, 15) is 4.79 Å². The predicted molar refractivity (Wildman–Crippen MR) is 56.3 cm³/mol. The molecule has 16 heavy (non-hydrogen) atoms. The zero-order chi connectivity index (χ0) is 11.4. The van der Waals surface area contributed by atoms with Crippen molar-refractivity contribution in [3.8, 4) is 11.5 Å². The number of nitrogens with zero attached hydrogens (tertiary/aromatic N) is 1. The molecule has 0 radical (unpaired) electrons. The van der Waals surface area contributed by atoms with Gasteiger partial charge < -0.3 is 20.0 Å². The lowest BCUT2D eigenvalue weighted by Crippen LogP contribution is -2.16. The number of fused-ring (bicyclic) bond motifs is 1. The molecule has 0 saturated carbocycles. The Bertz CT molecular complexity index is 431. The fraction of sp³-hybridized carbons (Fsp3) is 0.200. The number of rotatable bonds is 2. The molecule has 0 saturated heterocycles. The van der Waals surface area contributed by atoms with Crippen LogP contribution in [0.4, 0.5) is 5.69 Å². The van der Waals surface area contributed by atoms with Crippen LogP contribution >= 0.6 is 0 Å². The van der Waals surface area contributed by atoms with Gasteiger partial charge in [0.25, 0.3) is 5.91 Å². The Kier molecular flexibility index (Phi) is 2.90. The van der Waals surface area contributed by atoms with Gasteiger partial charge in [-0.05, 0) is 12.1 Å². The summed E-state index contributed by atoms with van der Waals surface area (Å²) in [5, 5.41) is 13.3. The van der Waals surface area contributed by atoms with E-state index in [0.29, 0.717) is 30.4 Å². The molecule has 0 unspecified atom stereocenters. The average Bonchev–Trinajstić information content (AvgIpc) is 2.29. The lowest BCUT2D eigenvalue weighted by atomic mass is 10.2. The maximum absolute atomic E-state index is 11.1. The zero-order valence-electron chi connectivity index (χ0n) is 8.34. The fourth-order valence-corrected chi connectivity index (χ4v) is 1.35. The number of hydrogen-bond acceptors (Lipinski definition) is 5. The molecule has 0 spiro atoms. The molecule has 1 aliphatic heterocycles. The van der Waals surface area contributed by atoms with E-state index in [1.165, 1.54) is 0 Å². The lowest BCUT2D eigenvalue weighted by Gasteiger charge is -2.18. The van der Waals surface area contributed by atoms with Gasteiger partial charge in [-0.3, -0.25) is 4.79 Å². The first-order valence-corrected chi connectivity index (χ1v) is 4.67. The molecule has 0 fully saturated rings. The van der Waals surface area contributed by atoms with Crippen molar-refractivity contribution in [2.45, 2.75) is 0 Å². The Morgan fingerprint density at radius 1 is 1.38 bits per heavy atom. The van der Waals surface area contributed by atoms with E-state index in [-0.39, 0.29) is 0 Å². The monoisotopic (exact) mass is 222 g/mol. The van der Waals surface area contributed by atoms with E-state index in [1.807, 2.05) is 0 Å². The summed E-state index contributed by atoms with van der Waals surface area (Å²) in [6.45, 7) is 1.01. The lowest BCUT2D eigenvalue weighted by molar-refractivity contribution is -0.110. The molecular weight excluding hydrogens is 212 g/mol. The fourth-order valence-electron chi connectivity index (χ4n) is 1.35. The summed E-state index contributed by atoms with van der Waals surface area (Å²) >= 11 is 0. The van der Waals surface area contributed by atoms with Crippen LogP contribution in [0.25, 0.3) is 0 Å². The van der Waals surface area contributed by atoms with Gasteiger partial charge >= 0.3 is 0 Å². The van der Waals surface area contributed by atoms with E-state index in [2.05, 4.69) is 10.5 Å². The summed E-state index contributed by atoms with van der Waals surface area (Å²) in [5.74, 6) is 0.726. The highest BCUT2D eigenvalue weighted by Gasteiger charge is 2.12. The summed E-state index contributed by atoms with van der Waals surface area (Å²) in [6, 6.07) is 5.04. The van der Waals surface area contributed by atoms with Gasteiger partial charge in [-0.2, -0.15) is 0 Å². The number of hydrogen-bond donors (Lipinski definition) is 2. The molecule has 2 N–H and O–H groups in total. The third-order valence-electron chi connectivity index (χ3n) is 1.98. The summed E-state index contributed by atoms with van der Waals surface area (Å²) < 4.78 is 10.7. The first kappa shape index (κ1) is 10.3. The second kappa shape index (κ2) is 4.52. The third-order valence-corrected chi connectivity index (χ3v) is 1.98. The van der Waals surface area contributed by atoms with Gasteiger partial charge in [-0.15, -0.1) is 0 Å². The number of carbonyl (C=O) groups is 1. The summed E-state index contributed by atoms with van der Waals surface area (Å²) in [5.41, 5.74) is 0.550. The number of anilines is 1. The number of nitrogens with one attached hydrogen (secondary N) is 1. The average molecular weight is 222 g/mol. The molecule has 0 atom stereocenters. The van der Waals surface area contributed by atoms with Gasteiger partial charge in [0.15, 0.2) is 11.5 Å². The minimum absolute atomic E-state index is 0.489. The number of oxime groups is 1. The molecule has 1 aromatic carbocycles. The molecule has 1 aliphatic rings. The summed E-state index contributed by atoms with van der Waals surface area (Å²) in [4.78, 5) is 11.1. The van der Waals surface area contributed by atoms with Gasteiger partial charge in [0, 0.05) is 11.8 Å². The van der Waals surface area contributed by atoms with Crippen molar-refractivity contribution in [1.82, 2.24) is 0 Å². The quantitative estimate of drug-likeness (QED) is 0.441. The van der Waals surface area contributed by atoms with Crippen molar-refractivity contribution >= 4 is 17.8 Å². The largest absolute Gasteiger partial charge is 0.486 e. The van der Waals surface area contributed by atoms with Gasteiger partial charge in [-0.1, -0.05) is 5.16 Å². The van der Waals surface area contributed by atoms with Crippen LogP contribution in [-0.2, 0) is 4.79 Å². The topological polar surface area (TPSA) is 80.2 Å². The minimum atomic E-state index is -0.515. The number of ether oxygens (including phenoxy) is 2. The van der Waals surface area contributed by atoms with E-state index in [1.54, 1.807) is 18.2 Å². The van der Waals surface area contributed by atoms with E-state index in [0.717, 1.165) is 6.21 Å². The third kappa shape index (κ3) is 2.22.